The van der Waals surface area contributed by atoms with Crippen LogP contribution in [0.5, 0.6) is 5.75 Å². The number of aromatic nitrogens is 4. The highest BCUT2D eigenvalue weighted by Crippen LogP contribution is 2.31. The van der Waals surface area contributed by atoms with Gasteiger partial charge in [-0.1, -0.05) is 24.3 Å². The predicted octanol–water partition coefficient (Wildman–Crippen LogP) is 4.52. The fourth-order valence-corrected chi connectivity index (χ4v) is 4.44. The minimum Gasteiger partial charge on any atom is -0.497 e. The van der Waals surface area contributed by atoms with E-state index in [1.165, 1.54) is 0 Å². The number of ether oxygens (including phenoxy) is 1. The number of methoxy groups -OCH3 is 1. The number of H-pyrrole nitrogens is 1. The molecule has 0 unspecified atom stereocenters. The fourth-order valence-electron chi connectivity index (χ4n) is 3.88. The number of anilines is 1. The highest BCUT2D eigenvalue weighted by Gasteiger charge is 2.12. The van der Waals surface area contributed by atoms with Crippen LogP contribution in [0, 0.1) is 0 Å². The zero-order valence-corrected chi connectivity index (χ0v) is 19.5. The molecule has 0 bridgehead atoms. The summed E-state index contributed by atoms with van der Waals surface area (Å²) in [7, 11) is -1.70. The van der Waals surface area contributed by atoms with Crippen molar-refractivity contribution in [2.24, 2.45) is 0 Å². The first-order valence-corrected chi connectivity index (χ1v) is 12.5. The number of benzene rings is 2. The zero-order chi connectivity index (χ0) is 23.7. The van der Waals surface area contributed by atoms with E-state index in [4.69, 9.17) is 4.74 Å². The standard InChI is InChI=1S/C25H23N5O3S/c1-33-22-8-6-17(7-9-22)15-30-16-20(13-28-30)24-14-27-25-23(24)11-19(12-26-25)18-4-3-5-21(10-18)29-34(2,31)32/h3-14,16,29H,15H2,1-2H3,(H,26,27). The molecule has 9 heteroatoms. The van der Waals surface area contributed by atoms with Gasteiger partial charge in [-0.05, 0) is 41.5 Å². The summed E-state index contributed by atoms with van der Waals surface area (Å²) in [6, 6.07) is 17.2. The Balaban J connectivity index is 1.44. The van der Waals surface area contributed by atoms with Gasteiger partial charge in [-0.2, -0.15) is 5.10 Å². The first-order chi connectivity index (χ1) is 16.4. The second-order valence-corrected chi connectivity index (χ2v) is 9.80. The normalized spacial score (nSPS) is 11.6. The number of nitrogens with zero attached hydrogens (tertiary/aromatic N) is 3. The molecule has 0 saturated carbocycles. The smallest absolute Gasteiger partial charge is 0.229 e. The molecule has 0 aliphatic heterocycles. The maximum atomic E-state index is 11.6. The third-order valence-electron chi connectivity index (χ3n) is 5.48. The van der Waals surface area contributed by atoms with E-state index in [1.807, 2.05) is 59.7 Å². The van der Waals surface area contributed by atoms with Gasteiger partial charge in [0.15, 0.2) is 0 Å². The van der Waals surface area contributed by atoms with E-state index in [-0.39, 0.29) is 0 Å². The molecule has 34 heavy (non-hydrogen) atoms. The van der Waals surface area contributed by atoms with Gasteiger partial charge in [-0.25, -0.2) is 13.4 Å². The second-order valence-electron chi connectivity index (χ2n) is 8.05. The highest BCUT2D eigenvalue weighted by atomic mass is 32.2. The number of fused-ring (bicyclic) bond motifs is 1. The summed E-state index contributed by atoms with van der Waals surface area (Å²) in [5.41, 5.74) is 6.13. The third-order valence-corrected chi connectivity index (χ3v) is 6.08. The molecule has 0 spiro atoms. The van der Waals surface area contributed by atoms with Crippen LogP contribution in [-0.4, -0.2) is 41.5 Å². The van der Waals surface area contributed by atoms with E-state index < -0.39 is 10.0 Å². The monoisotopic (exact) mass is 473 g/mol. The van der Waals surface area contributed by atoms with Gasteiger partial charge < -0.3 is 9.72 Å². The number of rotatable bonds is 7. The van der Waals surface area contributed by atoms with Crippen molar-refractivity contribution in [2.75, 3.05) is 18.1 Å². The lowest BCUT2D eigenvalue weighted by Crippen LogP contribution is -2.09. The zero-order valence-electron chi connectivity index (χ0n) is 18.7. The Morgan fingerprint density at radius 1 is 1.03 bits per heavy atom. The Hall–Kier alpha value is -4.11. The average molecular weight is 474 g/mol. The molecule has 0 saturated heterocycles. The Kier molecular flexibility index (Phi) is 5.54. The molecule has 0 radical (unpaired) electrons. The summed E-state index contributed by atoms with van der Waals surface area (Å²) >= 11 is 0. The van der Waals surface area contributed by atoms with Crippen LogP contribution >= 0.6 is 0 Å². The van der Waals surface area contributed by atoms with Crippen LogP contribution in [0.25, 0.3) is 33.3 Å². The Labute approximate surface area is 197 Å². The van der Waals surface area contributed by atoms with Gasteiger partial charge in [0.1, 0.15) is 11.4 Å². The van der Waals surface area contributed by atoms with E-state index in [9.17, 15) is 8.42 Å². The quantitative estimate of drug-likeness (QED) is 0.362. The molecule has 0 atom stereocenters. The van der Waals surface area contributed by atoms with E-state index in [2.05, 4.69) is 25.9 Å². The van der Waals surface area contributed by atoms with Crippen molar-refractivity contribution in [3.8, 4) is 28.0 Å². The van der Waals surface area contributed by atoms with Crippen LogP contribution in [0.4, 0.5) is 5.69 Å². The molecule has 0 fully saturated rings. The molecule has 0 aliphatic carbocycles. The van der Waals surface area contributed by atoms with E-state index in [1.54, 1.807) is 25.4 Å². The van der Waals surface area contributed by atoms with Crippen molar-refractivity contribution in [2.45, 2.75) is 6.54 Å². The minimum absolute atomic E-state index is 0.509. The van der Waals surface area contributed by atoms with Gasteiger partial charge in [0.2, 0.25) is 10.0 Å². The van der Waals surface area contributed by atoms with Gasteiger partial charge in [0.05, 0.1) is 26.1 Å². The van der Waals surface area contributed by atoms with Crippen molar-refractivity contribution in [3.05, 3.63) is 84.9 Å². The van der Waals surface area contributed by atoms with Crippen LogP contribution in [0.15, 0.2) is 79.4 Å². The number of hydrogen-bond acceptors (Lipinski definition) is 5. The van der Waals surface area contributed by atoms with Gasteiger partial charge in [0, 0.05) is 46.4 Å². The van der Waals surface area contributed by atoms with Crippen molar-refractivity contribution < 1.29 is 13.2 Å². The Bertz CT molecular complexity index is 1570. The SMILES string of the molecule is COc1ccc(Cn2cc(-c3c[nH]c4ncc(-c5cccc(NS(C)(=O)=O)c5)cc34)cn2)cc1. The summed E-state index contributed by atoms with van der Waals surface area (Å²) < 4.78 is 32.8. The molecular weight excluding hydrogens is 450 g/mol. The van der Waals surface area contributed by atoms with Gasteiger partial charge in [0.25, 0.3) is 0 Å². The molecule has 0 aliphatic rings. The van der Waals surface area contributed by atoms with Crippen molar-refractivity contribution in [1.82, 2.24) is 19.7 Å². The van der Waals surface area contributed by atoms with E-state index in [0.29, 0.717) is 12.2 Å². The van der Waals surface area contributed by atoms with E-state index in [0.717, 1.165) is 50.9 Å². The summed E-state index contributed by atoms with van der Waals surface area (Å²) in [6.45, 7) is 0.649. The van der Waals surface area contributed by atoms with Gasteiger partial charge in [-0.3, -0.25) is 9.40 Å². The maximum absolute atomic E-state index is 11.6. The van der Waals surface area contributed by atoms with Crippen LogP contribution in [0.2, 0.25) is 0 Å². The Morgan fingerprint density at radius 2 is 1.85 bits per heavy atom. The second kappa shape index (κ2) is 8.68. The van der Waals surface area contributed by atoms with E-state index >= 15 is 0 Å². The average Bonchev–Trinajstić information content (AvgIpc) is 3.45. The largest absolute Gasteiger partial charge is 0.497 e. The lowest BCUT2D eigenvalue weighted by atomic mass is 10.0. The topological polar surface area (TPSA) is 102 Å². The summed E-state index contributed by atoms with van der Waals surface area (Å²) in [4.78, 5) is 7.79. The summed E-state index contributed by atoms with van der Waals surface area (Å²) in [5, 5.41) is 5.49. The lowest BCUT2D eigenvalue weighted by molar-refractivity contribution is 0.414. The molecule has 0 amide bonds. The highest BCUT2D eigenvalue weighted by molar-refractivity contribution is 7.92. The number of hydrogen-bond donors (Lipinski definition) is 2. The van der Waals surface area contributed by atoms with Crippen molar-refractivity contribution in [1.29, 1.82) is 0 Å². The minimum atomic E-state index is -3.35. The Morgan fingerprint density at radius 3 is 2.62 bits per heavy atom. The predicted molar refractivity (Wildman–Crippen MR) is 133 cm³/mol. The molecule has 5 rings (SSSR count). The third kappa shape index (κ3) is 4.65. The molecular formula is C25H23N5O3S. The van der Waals surface area contributed by atoms with Gasteiger partial charge >= 0.3 is 0 Å². The number of sulfonamides is 1. The van der Waals surface area contributed by atoms with Crippen molar-refractivity contribution in [3.63, 3.8) is 0 Å². The van der Waals surface area contributed by atoms with Crippen LogP contribution in [-0.2, 0) is 16.6 Å². The fraction of sp³-hybridized carbons (Fsp3) is 0.120. The lowest BCUT2D eigenvalue weighted by Gasteiger charge is -2.07. The molecule has 2 N–H and O–H groups in total. The number of pyridine rings is 1. The molecule has 5 aromatic rings. The van der Waals surface area contributed by atoms with Crippen LogP contribution in [0.1, 0.15) is 5.56 Å². The number of aromatic amines is 1. The molecule has 8 nitrogen and oxygen atoms in total. The summed E-state index contributed by atoms with van der Waals surface area (Å²) in [6.07, 6.45) is 8.69. The molecule has 3 heterocycles. The van der Waals surface area contributed by atoms with Crippen LogP contribution in [0.3, 0.4) is 0 Å². The van der Waals surface area contributed by atoms with Gasteiger partial charge in [-0.15, -0.1) is 0 Å². The molecule has 2 aromatic carbocycles. The van der Waals surface area contributed by atoms with Crippen LogP contribution < -0.4 is 9.46 Å². The summed E-state index contributed by atoms with van der Waals surface area (Å²) in [5.74, 6) is 0.824. The first-order valence-electron chi connectivity index (χ1n) is 10.6. The number of nitrogens with one attached hydrogen (secondary N) is 2. The van der Waals surface area contributed by atoms with Crippen molar-refractivity contribution >= 4 is 26.7 Å². The molecule has 172 valence electrons. The first kappa shape index (κ1) is 21.7. The maximum Gasteiger partial charge on any atom is 0.229 e. The molecule has 3 aromatic heterocycles.